The van der Waals surface area contributed by atoms with Crippen molar-refractivity contribution in [1.29, 1.82) is 0 Å². The lowest BCUT2D eigenvalue weighted by Gasteiger charge is -2.11. The van der Waals surface area contributed by atoms with Gasteiger partial charge >= 0.3 is 0 Å². The summed E-state index contributed by atoms with van der Waals surface area (Å²) in [5.41, 5.74) is 3.46. The third-order valence-corrected chi connectivity index (χ3v) is 3.57. The van der Waals surface area contributed by atoms with Gasteiger partial charge in [-0.05, 0) is 64.7 Å². The van der Waals surface area contributed by atoms with Crippen molar-refractivity contribution in [1.82, 2.24) is 0 Å². The van der Waals surface area contributed by atoms with Gasteiger partial charge in [-0.15, -0.1) is 0 Å². The topological polar surface area (TPSA) is 18.5 Å². The molecular formula is C16H17BrO2. The zero-order valence-corrected chi connectivity index (χ0v) is 13.0. The highest BCUT2D eigenvalue weighted by atomic mass is 79.9. The summed E-state index contributed by atoms with van der Waals surface area (Å²) < 4.78 is 12.0. The molecule has 0 amide bonds. The summed E-state index contributed by atoms with van der Waals surface area (Å²) >= 11 is 3.48. The van der Waals surface area contributed by atoms with Gasteiger partial charge < -0.3 is 9.47 Å². The number of hydrogen-bond donors (Lipinski definition) is 0. The van der Waals surface area contributed by atoms with E-state index in [1.807, 2.05) is 18.2 Å². The number of methoxy groups -OCH3 is 1. The maximum Gasteiger partial charge on any atom is 0.133 e. The number of halogens is 1. The van der Waals surface area contributed by atoms with Crippen LogP contribution in [0.4, 0.5) is 0 Å². The van der Waals surface area contributed by atoms with E-state index < -0.39 is 0 Å². The summed E-state index contributed by atoms with van der Waals surface area (Å²) in [5.74, 6) is 1.77. The van der Waals surface area contributed by atoms with Crippen molar-refractivity contribution in [2.24, 2.45) is 0 Å². The Bertz CT molecular complexity index is 579. The van der Waals surface area contributed by atoms with E-state index in [1.165, 1.54) is 5.56 Å². The second kappa shape index (κ2) is 6.11. The standard InChI is InChI=1S/C16H17BrO2/c1-11-4-5-12(2)16(8-11)19-10-13-6-7-15(18-3)14(17)9-13/h4-9H,10H2,1-3H3. The molecule has 2 nitrogen and oxygen atoms in total. The first kappa shape index (κ1) is 13.9. The van der Waals surface area contributed by atoms with Gasteiger partial charge in [-0.2, -0.15) is 0 Å². The molecule has 2 rings (SSSR count). The molecule has 0 unspecified atom stereocenters. The molecule has 3 heteroatoms. The Hall–Kier alpha value is -1.48. The molecule has 0 radical (unpaired) electrons. The Morgan fingerprint density at radius 3 is 2.47 bits per heavy atom. The lowest BCUT2D eigenvalue weighted by Crippen LogP contribution is -1.98. The minimum absolute atomic E-state index is 0.548. The van der Waals surface area contributed by atoms with Gasteiger partial charge in [0.15, 0.2) is 0 Å². The average molecular weight is 321 g/mol. The summed E-state index contributed by atoms with van der Waals surface area (Å²) in [7, 11) is 1.66. The van der Waals surface area contributed by atoms with Crippen LogP contribution in [-0.2, 0) is 6.61 Å². The fraction of sp³-hybridized carbons (Fsp3) is 0.250. The normalized spacial score (nSPS) is 10.3. The van der Waals surface area contributed by atoms with Gasteiger partial charge in [0.1, 0.15) is 18.1 Å². The largest absolute Gasteiger partial charge is 0.496 e. The SMILES string of the molecule is COc1ccc(COc2cc(C)ccc2C)cc1Br. The summed E-state index contributed by atoms with van der Waals surface area (Å²) in [6.45, 7) is 4.67. The predicted molar refractivity (Wildman–Crippen MR) is 80.9 cm³/mol. The molecule has 0 saturated carbocycles. The highest BCUT2D eigenvalue weighted by molar-refractivity contribution is 9.10. The molecule has 0 atom stereocenters. The maximum atomic E-state index is 5.87. The van der Waals surface area contributed by atoms with Crippen LogP contribution < -0.4 is 9.47 Å². The van der Waals surface area contributed by atoms with Crippen LogP contribution in [0.25, 0.3) is 0 Å². The van der Waals surface area contributed by atoms with E-state index in [9.17, 15) is 0 Å². The lowest BCUT2D eigenvalue weighted by molar-refractivity contribution is 0.303. The highest BCUT2D eigenvalue weighted by Crippen LogP contribution is 2.26. The number of rotatable bonds is 4. The number of aryl methyl sites for hydroxylation is 2. The maximum absolute atomic E-state index is 5.87. The first-order chi connectivity index (χ1) is 9.10. The zero-order valence-electron chi connectivity index (χ0n) is 11.4. The van der Waals surface area contributed by atoms with Crippen LogP contribution in [0.5, 0.6) is 11.5 Å². The van der Waals surface area contributed by atoms with Crippen molar-refractivity contribution in [3.05, 3.63) is 57.6 Å². The Morgan fingerprint density at radius 2 is 1.79 bits per heavy atom. The van der Waals surface area contributed by atoms with Gasteiger partial charge in [0.25, 0.3) is 0 Å². The third-order valence-electron chi connectivity index (χ3n) is 2.95. The Labute approximate surface area is 122 Å². The molecule has 0 bridgehead atoms. The molecular weight excluding hydrogens is 304 g/mol. The predicted octanol–water partition coefficient (Wildman–Crippen LogP) is 4.65. The molecule has 2 aromatic rings. The molecule has 0 aliphatic heterocycles. The minimum Gasteiger partial charge on any atom is -0.496 e. The van der Waals surface area contributed by atoms with Crippen molar-refractivity contribution in [3.63, 3.8) is 0 Å². The minimum atomic E-state index is 0.548. The summed E-state index contributed by atoms with van der Waals surface area (Å²) in [4.78, 5) is 0. The van der Waals surface area contributed by atoms with Crippen LogP contribution in [-0.4, -0.2) is 7.11 Å². The van der Waals surface area contributed by atoms with E-state index in [-0.39, 0.29) is 0 Å². The highest BCUT2D eigenvalue weighted by Gasteiger charge is 2.04. The Kier molecular flexibility index (Phi) is 4.48. The van der Waals surface area contributed by atoms with Crippen molar-refractivity contribution in [2.45, 2.75) is 20.5 Å². The summed E-state index contributed by atoms with van der Waals surface area (Å²) in [6, 6.07) is 12.2. The summed E-state index contributed by atoms with van der Waals surface area (Å²) in [5, 5.41) is 0. The first-order valence-corrected chi connectivity index (χ1v) is 6.92. The Balaban J connectivity index is 2.10. The molecule has 0 fully saturated rings. The molecule has 0 aliphatic rings. The van der Waals surface area contributed by atoms with E-state index in [1.54, 1.807) is 7.11 Å². The van der Waals surface area contributed by atoms with E-state index >= 15 is 0 Å². The van der Waals surface area contributed by atoms with Gasteiger partial charge in [-0.1, -0.05) is 18.2 Å². The van der Waals surface area contributed by atoms with E-state index in [0.29, 0.717) is 6.61 Å². The number of benzene rings is 2. The van der Waals surface area contributed by atoms with Crippen LogP contribution in [0.15, 0.2) is 40.9 Å². The van der Waals surface area contributed by atoms with E-state index in [0.717, 1.165) is 27.1 Å². The van der Waals surface area contributed by atoms with Crippen LogP contribution in [0, 0.1) is 13.8 Å². The molecule has 100 valence electrons. The van der Waals surface area contributed by atoms with Crippen molar-refractivity contribution >= 4 is 15.9 Å². The van der Waals surface area contributed by atoms with Gasteiger partial charge in [-0.25, -0.2) is 0 Å². The molecule has 0 N–H and O–H groups in total. The average Bonchev–Trinajstić information content (AvgIpc) is 2.40. The lowest BCUT2D eigenvalue weighted by atomic mass is 10.1. The fourth-order valence-electron chi connectivity index (χ4n) is 1.82. The van der Waals surface area contributed by atoms with Crippen LogP contribution >= 0.6 is 15.9 Å². The molecule has 0 saturated heterocycles. The van der Waals surface area contributed by atoms with Crippen LogP contribution in [0.1, 0.15) is 16.7 Å². The molecule has 19 heavy (non-hydrogen) atoms. The second-order valence-electron chi connectivity index (χ2n) is 4.53. The van der Waals surface area contributed by atoms with Gasteiger partial charge in [-0.3, -0.25) is 0 Å². The monoisotopic (exact) mass is 320 g/mol. The van der Waals surface area contributed by atoms with Gasteiger partial charge in [0, 0.05) is 0 Å². The molecule has 0 heterocycles. The van der Waals surface area contributed by atoms with Crippen LogP contribution in [0.2, 0.25) is 0 Å². The second-order valence-corrected chi connectivity index (χ2v) is 5.38. The van der Waals surface area contributed by atoms with Crippen molar-refractivity contribution in [3.8, 4) is 11.5 Å². The number of hydrogen-bond acceptors (Lipinski definition) is 2. The molecule has 0 aromatic heterocycles. The quantitative estimate of drug-likeness (QED) is 0.816. The molecule has 2 aromatic carbocycles. The van der Waals surface area contributed by atoms with Crippen molar-refractivity contribution < 1.29 is 9.47 Å². The van der Waals surface area contributed by atoms with Crippen molar-refractivity contribution in [2.75, 3.05) is 7.11 Å². The van der Waals surface area contributed by atoms with E-state index in [2.05, 4.69) is 48.0 Å². The first-order valence-electron chi connectivity index (χ1n) is 6.12. The van der Waals surface area contributed by atoms with Gasteiger partial charge in [0.05, 0.1) is 11.6 Å². The zero-order chi connectivity index (χ0) is 13.8. The third kappa shape index (κ3) is 3.51. The Morgan fingerprint density at radius 1 is 1.00 bits per heavy atom. The van der Waals surface area contributed by atoms with E-state index in [4.69, 9.17) is 9.47 Å². The molecule has 0 aliphatic carbocycles. The number of ether oxygens (including phenoxy) is 2. The fourth-order valence-corrected chi connectivity index (χ4v) is 2.41. The molecule has 0 spiro atoms. The van der Waals surface area contributed by atoms with Crippen LogP contribution in [0.3, 0.4) is 0 Å². The van der Waals surface area contributed by atoms with Gasteiger partial charge in [0.2, 0.25) is 0 Å². The summed E-state index contributed by atoms with van der Waals surface area (Å²) in [6.07, 6.45) is 0. The smallest absolute Gasteiger partial charge is 0.133 e.